The van der Waals surface area contributed by atoms with E-state index in [0.717, 1.165) is 33.8 Å². The molecule has 3 aromatic heterocycles. The van der Waals surface area contributed by atoms with Gasteiger partial charge < -0.3 is 10.1 Å². The summed E-state index contributed by atoms with van der Waals surface area (Å²) in [5.74, 6) is 1.34. The molecule has 1 unspecified atom stereocenters. The summed E-state index contributed by atoms with van der Waals surface area (Å²) < 4.78 is 20.7. The summed E-state index contributed by atoms with van der Waals surface area (Å²) in [6.45, 7) is 0.0816. The number of rotatable bonds is 8. The standard InChI is InChI=1S/C30H22FN9O/c31-24-7-3-1-5-18(24)13-19-14-20(15-23-22-6-2-4-8-25(22)35-28(19)23)29-33-16-26(41-17-27-37-39-40-38-27)30(36-29)34-21-9-11-32-12-10-21/h1-12,14-16,19H,13,17H2,(H,32,33,34,36)(H,37,38,39,40). The summed E-state index contributed by atoms with van der Waals surface area (Å²) in [6.07, 6.45) is 9.55. The summed E-state index contributed by atoms with van der Waals surface area (Å²) in [7, 11) is 0. The summed E-state index contributed by atoms with van der Waals surface area (Å²) in [5, 5.41) is 17.2. The number of allylic oxidation sites excluding steroid dienone is 4. The van der Waals surface area contributed by atoms with Gasteiger partial charge in [-0.1, -0.05) is 47.7 Å². The van der Waals surface area contributed by atoms with Crippen molar-refractivity contribution in [2.75, 3.05) is 5.32 Å². The molecule has 10 nitrogen and oxygen atoms in total. The molecule has 0 amide bonds. The van der Waals surface area contributed by atoms with Crippen molar-refractivity contribution in [3.63, 3.8) is 0 Å². The van der Waals surface area contributed by atoms with Crippen molar-refractivity contribution in [1.29, 1.82) is 0 Å². The van der Waals surface area contributed by atoms with Gasteiger partial charge in [0.1, 0.15) is 5.82 Å². The van der Waals surface area contributed by atoms with Gasteiger partial charge in [-0.3, -0.25) is 9.98 Å². The first-order valence-corrected chi connectivity index (χ1v) is 13.0. The number of aromatic nitrogens is 7. The second kappa shape index (κ2) is 10.5. The molecule has 1 aliphatic heterocycles. The van der Waals surface area contributed by atoms with E-state index in [0.29, 0.717) is 35.2 Å². The van der Waals surface area contributed by atoms with Gasteiger partial charge in [0, 0.05) is 40.7 Å². The van der Waals surface area contributed by atoms with E-state index in [-0.39, 0.29) is 18.3 Å². The normalized spacial score (nSPS) is 15.3. The largest absolute Gasteiger partial charge is 0.480 e. The fourth-order valence-corrected chi connectivity index (χ4v) is 4.92. The van der Waals surface area contributed by atoms with Crippen molar-refractivity contribution in [3.8, 4) is 5.75 Å². The monoisotopic (exact) mass is 543 g/mol. The molecule has 0 saturated carbocycles. The number of aliphatic imine (C=N–C) groups is 1. The number of nitrogens with zero attached hydrogens (tertiary/aromatic N) is 7. The number of para-hydroxylation sites is 1. The summed E-state index contributed by atoms with van der Waals surface area (Å²) in [4.78, 5) is 18.5. The Hall–Kier alpha value is -5.58. The van der Waals surface area contributed by atoms with Crippen LogP contribution < -0.4 is 10.1 Å². The molecule has 0 bridgehead atoms. The van der Waals surface area contributed by atoms with Crippen LogP contribution in [0.5, 0.6) is 5.75 Å². The third kappa shape index (κ3) is 4.96. The quantitative estimate of drug-likeness (QED) is 0.271. The smallest absolute Gasteiger partial charge is 0.211 e. The van der Waals surface area contributed by atoms with Gasteiger partial charge in [0.2, 0.25) is 5.82 Å². The Labute approximate surface area is 233 Å². The molecule has 2 aromatic carbocycles. The molecule has 2 N–H and O–H groups in total. The Morgan fingerprint density at radius 1 is 1.00 bits per heavy atom. The van der Waals surface area contributed by atoms with Gasteiger partial charge in [0.05, 0.1) is 17.6 Å². The van der Waals surface area contributed by atoms with Crippen LogP contribution in [0.2, 0.25) is 0 Å². The van der Waals surface area contributed by atoms with Gasteiger partial charge in [-0.2, -0.15) is 5.21 Å². The Kier molecular flexibility index (Phi) is 6.28. The van der Waals surface area contributed by atoms with Gasteiger partial charge in [-0.25, -0.2) is 14.4 Å². The van der Waals surface area contributed by atoms with Crippen LogP contribution >= 0.6 is 0 Å². The second-order valence-electron chi connectivity index (χ2n) is 9.48. The van der Waals surface area contributed by atoms with Crippen molar-refractivity contribution in [1.82, 2.24) is 35.6 Å². The highest BCUT2D eigenvalue weighted by molar-refractivity contribution is 6.33. The minimum absolute atomic E-state index is 0.0816. The van der Waals surface area contributed by atoms with Crippen molar-refractivity contribution in [2.24, 2.45) is 10.9 Å². The molecule has 0 spiro atoms. The van der Waals surface area contributed by atoms with Crippen molar-refractivity contribution in [2.45, 2.75) is 13.0 Å². The van der Waals surface area contributed by atoms with E-state index in [1.54, 1.807) is 24.7 Å². The van der Waals surface area contributed by atoms with E-state index < -0.39 is 0 Å². The SMILES string of the molecule is Fc1ccccc1CC1C=C(c2ncc(OCc3nn[nH]n3)c(Nc3ccncc3)n2)C=C2C1=Nc1ccccc12. The molecular formula is C30H22FN9O. The molecule has 4 heterocycles. The zero-order chi connectivity index (χ0) is 27.6. The van der Waals surface area contributed by atoms with Crippen LogP contribution in [-0.2, 0) is 13.0 Å². The highest BCUT2D eigenvalue weighted by atomic mass is 19.1. The number of fused-ring (bicyclic) bond motifs is 3. The van der Waals surface area contributed by atoms with Crippen LogP contribution in [0.3, 0.4) is 0 Å². The maximum Gasteiger partial charge on any atom is 0.211 e. The van der Waals surface area contributed by atoms with Gasteiger partial charge >= 0.3 is 0 Å². The predicted molar refractivity (Wildman–Crippen MR) is 151 cm³/mol. The molecule has 0 radical (unpaired) electrons. The number of pyridine rings is 1. The topological polar surface area (TPSA) is 127 Å². The fraction of sp³-hybridized carbons (Fsp3) is 0.100. The van der Waals surface area contributed by atoms with Gasteiger partial charge in [0.25, 0.3) is 0 Å². The Morgan fingerprint density at radius 2 is 1.85 bits per heavy atom. The van der Waals surface area contributed by atoms with Crippen LogP contribution in [0.15, 0.2) is 96.4 Å². The molecule has 1 aliphatic carbocycles. The molecule has 1 atom stereocenters. The average Bonchev–Trinajstić information content (AvgIpc) is 3.66. The second-order valence-corrected chi connectivity index (χ2v) is 9.48. The maximum absolute atomic E-state index is 14.7. The van der Waals surface area contributed by atoms with Gasteiger partial charge in [0.15, 0.2) is 24.0 Å². The molecule has 11 heteroatoms. The molecule has 5 aromatic rings. The zero-order valence-electron chi connectivity index (χ0n) is 21.6. The summed E-state index contributed by atoms with van der Waals surface area (Å²) >= 11 is 0. The molecule has 7 rings (SSSR count). The molecule has 200 valence electrons. The van der Waals surface area contributed by atoms with Crippen LogP contribution in [0.25, 0.3) is 11.1 Å². The number of tetrazole rings is 1. The summed E-state index contributed by atoms with van der Waals surface area (Å²) in [5.41, 5.74) is 6.03. The predicted octanol–water partition coefficient (Wildman–Crippen LogP) is 5.27. The lowest BCUT2D eigenvalue weighted by atomic mass is 9.82. The molecule has 0 saturated heterocycles. The lowest BCUT2D eigenvalue weighted by molar-refractivity contribution is 0.295. The average molecular weight is 544 g/mol. The number of hydrogen-bond donors (Lipinski definition) is 2. The van der Waals surface area contributed by atoms with E-state index in [9.17, 15) is 4.39 Å². The third-order valence-electron chi connectivity index (χ3n) is 6.84. The first kappa shape index (κ1) is 24.5. The number of ether oxygens (including phenoxy) is 1. The number of aromatic amines is 1. The van der Waals surface area contributed by atoms with Crippen LogP contribution in [0, 0.1) is 11.7 Å². The van der Waals surface area contributed by atoms with Crippen LogP contribution in [0.1, 0.15) is 22.8 Å². The number of benzene rings is 2. The number of nitrogens with one attached hydrogen (secondary N) is 2. The Morgan fingerprint density at radius 3 is 2.71 bits per heavy atom. The van der Waals surface area contributed by atoms with Crippen molar-refractivity contribution < 1.29 is 9.13 Å². The van der Waals surface area contributed by atoms with E-state index in [1.165, 1.54) is 6.07 Å². The third-order valence-corrected chi connectivity index (χ3v) is 6.84. The van der Waals surface area contributed by atoms with Gasteiger partial charge in [-0.15, -0.1) is 10.2 Å². The lowest BCUT2D eigenvalue weighted by Gasteiger charge is -2.22. The first-order chi connectivity index (χ1) is 20.2. The van der Waals surface area contributed by atoms with E-state index in [1.807, 2.05) is 54.6 Å². The number of hydrogen-bond acceptors (Lipinski definition) is 9. The molecule has 2 aliphatic rings. The van der Waals surface area contributed by atoms with Crippen LogP contribution in [-0.4, -0.2) is 41.3 Å². The highest BCUT2D eigenvalue weighted by Crippen LogP contribution is 2.43. The number of halogens is 1. The van der Waals surface area contributed by atoms with Crippen LogP contribution in [0.4, 0.5) is 21.6 Å². The Balaban J connectivity index is 1.29. The lowest BCUT2D eigenvalue weighted by Crippen LogP contribution is -2.19. The maximum atomic E-state index is 14.7. The zero-order valence-corrected chi connectivity index (χ0v) is 21.6. The van der Waals surface area contributed by atoms with E-state index in [4.69, 9.17) is 14.7 Å². The highest BCUT2D eigenvalue weighted by Gasteiger charge is 2.31. The number of H-pyrrole nitrogens is 1. The molecule has 41 heavy (non-hydrogen) atoms. The number of anilines is 2. The summed E-state index contributed by atoms with van der Waals surface area (Å²) in [6, 6.07) is 18.5. The van der Waals surface area contributed by atoms with E-state index in [2.05, 4.69) is 42.0 Å². The van der Waals surface area contributed by atoms with Gasteiger partial charge in [-0.05, 0) is 42.3 Å². The van der Waals surface area contributed by atoms with Crippen molar-refractivity contribution >= 4 is 34.1 Å². The Bertz CT molecular complexity index is 1820. The van der Waals surface area contributed by atoms with Crippen molar-refractivity contribution in [3.05, 3.63) is 120 Å². The molecular weight excluding hydrogens is 521 g/mol. The van der Waals surface area contributed by atoms with E-state index >= 15 is 0 Å². The minimum Gasteiger partial charge on any atom is -0.480 e. The minimum atomic E-state index is -0.238. The first-order valence-electron chi connectivity index (χ1n) is 13.0. The fourth-order valence-electron chi connectivity index (χ4n) is 4.92. The molecule has 0 fully saturated rings.